The SMILES string of the molecule is N#CCCN(C(=O)CSc1nnc(-c2ccccc2Cl)n1-c1cccc(C(F)(F)F)c1)c1ccccc1. The Bertz CT molecular complexity index is 1440. The molecule has 0 N–H and O–H groups in total. The molecule has 0 spiro atoms. The van der Waals surface area contributed by atoms with Gasteiger partial charge in [0, 0.05) is 17.8 Å². The van der Waals surface area contributed by atoms with Crippen molar-refractivity contribution in [2.24, 2.45) is 0 Å². The molecule has 0 atom stereocenters. The fourth-order valence-corrected chi connectivity index (χ4v) is 4.65. The van der Waals surface area contributed by atoms with Gasteiger partial charge < -0.3 is 4.90 Å². The minimum absolute atomic E-state index is 0.0834. The van der Waals surface area contributed by atoms with E-state index in [4.69, 9.17) is 16.9 Å². The number of rotatable bonds is 8. The number of aromatic nitrogens is 3. The van der Waals surface area contributed by atoms with Crippen molar-refractivity contribution in [3.05, 3.63) is 89.4 Å². The number of alkyl halides is 3. The number of nitriles is 1. The third-order valence-electron chi connectivity index (χ3n) is 5.32. The molecular weight excluding hydrogens is 523 g/mol. The Morgan fingerprint density at radius 2 is 1.76 bits per heavy atom. The Balaban J connectivity index is 1.71. The van der Waals surface area contributed by atoms with Crippen molar-refractivity contribution >= 4 is 35.0 Å². The number of hydrogen-bond acceptors (Lipinski definition) is 5. The largest absolute Gasteiger partial charge is 0.416 e. The molecule has 37 heavy (non-hydrogen) atoms. The highest BCUT2D eigenvalue weighted by Gasteiger charge is 2.31. The van der Waals surface area contributed by atoms with E-state index in [9.17, 15) is 18.0 Å². The van der Waals surface area contributed by atoms with Crippen LogP contribution in [0.4, 0.5) is 18.9 Å². The summed E-state index contributed by atoms with van der Waals surface area (Å²) in [4.78, 5) is 14.7. The van der Waals surface area contributed by atoms with Crippen molar-refractivity contribution in [2.75, 3.05) is 17.2 Å². The minimum atomic E-state index is -4.55. The number of halogens is 4. The molecule has 0 radical (unpaired) electrons. The van der Waals surface area contributed by atoms with Gasteiger partial charge in [0.1, 0.15) is 0 Å². The van der Waals surface area contributed by atoms with E-state index in [1.165, 1.54) is 21.6 Å². The second-order valence-electron chi connectivity index (χ2n) is 7.75. The minimum Gasteiger partial charge on any atom is -0.311 e. The van der Waals surface area contributed by atoms with E-state index in [1.807, 2.05) is 12.1 Å². The maximum absolute atomic E-state index is 13.5. The summed E-state index contributed by atoms with van der Waals surface area (Å²) < 4.78 is 41.8. The second-order valence-corrected chi connectivity index (χ2v) is 9.10. The summed E-state index contributed by atoms with van der Waals surface area (Å²) in [7, 11) is 0. The third kappa shape index (κ3) is 6.13. The molecule has 1 heterocycles. The van der Waals surface area contributed by atoms with Gasteiger partial charge >= 0.3 is 6.18 Å². The summed E-state index contributed by atoms with van der Waals surface area (Å²) in [6.07, 6.45) is -4.41. The van der Waals surface area contributed by atoms with Crippen LogP contribution in [0.2, 0.25) is 5.02 Å². The number of carbonyl (C=O) groups is 1. The lowest BCUT2D eigenvalue weighted by Crippen LogP contribution is -2.33. The van der Waals surface area contributed by atoms with Crippen molar-refractivity contribution in [1.82, 2.24) is 14.8 Å². The Kier molecular flexibility index (Phi) is 8.16. The first kappa shape index (κ1) is 26.3. The Labute approximate surface area is 220 Å². The fraction of sp³-hybridized carbons (Fsp3) is 0.154. The molecule has 0 fully saturated rings. The zero-order valence-corrected chi connectivity index (χ0v) is 20.8. The topological polar surface area (TPSA) is 74.8 Å². The predicted molar refractivity (Wildman–Crippen MR) is 137 cm³/mol. The molecule has 188 valence electrons. The van der Waals surface area contributed by atoms with Crippen LogP contribution in [-0.4, -0.2) is 33.0 Å². The summed E-state index contributed by atoms with van der Waals surface area (Å²) in [5.41, 5.74) is 0.461. The first-order valence-corrected chi connectivity index (χ1v) is 12.4. The van der Waals surface area contributed by atoms with E-state index in [2.05, 4.69) is 10.2 Å². The van der Waals surface area contributed by atoms with E-state index in [1.54, 1.807) is 48.5 Å². The van der Waals surface area contributed by atoms with Crippen molar-refractivity contribution in [2.45, 2.75) is 17.8 Å². The average Bonchev–Trinajstić information content (AvgIpc) is 3.32. The number of para-hydroxylation sites is 1. The summed E-state index contributed by atoms with van der Waals surface area (Å²) in [5, 5.41) is 18.0. The van der Waals surface area contributed by atoms with Gasteiger partial charge in [-0.2, -0.15) is 18.4 Å². The molecule has 0 aliphatic carbocycles. The molecule has 4 rings (SSSR count). The fourth-order valence-electron chi connectivity index (χ4n) is 3.61. The highest BCUT2D eigenvalue weighted by molar-refractivity contribution is 7.99. The number of anilines is 1. The molecule has 6 nitrogen and oxygen atoms in total. The lowest BCUT2D eigenvalue weighted by atomic mass is 10.1. The first-order valence-electron chi connectivity index (χ1n) is 11.0. The van der Waals surface area contributed by atoms with Crippen LogP contribution in [0, 0.1) is 11.3 Å². The standard InChI is InChI=1S/C26H19ClF3N5OS/c27-22-13-5-4-12-21(22)24-32-33-25(35(24)20-11-6-8-18(16-20)26(28,29)30)37-17-23(36)34(15-7-14-31)19-9-2-1-3-10-19/h1-6,8-13,16H,7,15,17H2. The molecule has 0 unspecified atom stereocenters. The maximum Gasteiger partial charge on any atom is 0.416 e. The normalized spacial score (nSPS) is 11.2. The van der Waals surface area contributed by atoms with Crippen molar-refractivity contribution in [3.8, 4) is 23.1 Å². The molecule has 3 aromatic carbocycles. The van der Waals surface area contributed by atoms with Crippen LogP contribution in [0.5, 0.6) is 0 Å². The first-order chi connectivity index (χ1) is 17.8. The van der Waals surface area contributed by atoms with Crippen LogP contribution < -0.4 is 4.90 Å². The smallest absolute Gasteiger partial charge is 0.311 e. The van der Waals surface area contributed by atoms with Gasteiger partial charge in [-0.1, -0.05) is 59.8 Å². The number of benzene rings is 3. The van der Waals surface area contributed by atoms with E-state index in [-0.39, 0.29) is 41.3 Å². The third-order valence-corrected chi connectivity index (χ3v) is 6.56. The van der Waals surface area contributed by atoms with Crippen LogP contribution >= 0.6 is 23.4 Å². The summed E-state index contributed by atoms with van der Waals surface area (Å²) >= 11 is 7.39. The van der Waals surface area contributed by atoms with Crippen molar-refractivity contribution < 1.29 is 18.0 Å². The highest BCUT2D eigenvalue weighted by Crippen LogP contribution is 2.35. The van der Waals surface area contributed by atoms with Gasteiger partial charge in [-0.25, -0.2) is 0 Å². The van der Waals surface area contributed by atoms with Gasteiger partial charge in [-0.05, 0) is 42.5 Å². The average molecular weight is 542 g/mol. The Hall–Kier alpha value is -3.81. The number of amides is 1. The number of carbonyl (C=O) groups excluding carboxylic acids is 1. The van der Waals surface area contributed by atoms with E-state index in [0.717, 1.165) is 23.9 Å². The van der Waals surface area contributed by atoms with Gasteiger partial charge in [0.2, 0.25) is 5.91 Å². The molecule has 11 heteroatoms. The van der Waals surface area contributed by atoms with Gasteiger partial charge in [-0.3, -0.25) is 9.36 Å². The molecule has 0 bridgehead atoms. The van der Waals surface area contributed by atoms with Crippen molar-refractivity contribution in [3.63, 3.8) is 0 Å². The molecule has 1 aromatic heterocycles. The monoisotopic (exact) mass is 541 g/mol. The molecule has 4 aromatic rings. The highest BCUT2D eigenvalue weighted by atomic mass is 35.5. The lowest BCUT2D eigenvalue weighted by Gasteiger charge is -2.21. The number of thioether (sulfide) groups is 1. The van der Waals surface area contributed by atoms with Crippen LogP contribution in [-0.2, 0) is 11.0 Å². The van der Waals surface area contributed by atoms with Gasteiger partial charge in [0.25, 0.3) is 0 Å². The summed E-state index contributed by atoms with van der Waals surface area (Å²) in [6, 6.07) is 22.5. The van der Waals surface area contributed by atoms with E-state index >= 15 is 0 Å². The number of nitrogens with zero attached hydrogens (tertiary/aromatic N) is 5. The Morgan fingerprint density at radius 1 is 1.03 bits per heavy atom. The molecular formula is C26H19ClF3N5OS. The van der Waals surface area contributed by atoms with Crippen molar-refractivity contribution in [1.29, 1.82) is 5.26 Å². The van der Waals surface area contributed by atoms with Crippen LogP contribution in [0.1, 0.15) is 12.0 Å². The van der Waals surface area contributed by atoms with Gasteiger partial charge in [0.15, 0.2) is 11.0 Å². The van der Waals surface area contributed by atoms with Crippen LogP contribution in [0.3, 0.4) is 0 Å². The lowest BCUT2D eigenvalue weighted by molar-refractivity contribution is -0.137. The van der Waals surface area contributed by atoms with Crippen LogP contribution in [0.15, 0.2) is 84.0 Å². The van der Waals surface area contributed by atoms with E-state index < -0.39 is 11.7 Å². The Morgan fingerprint density at radius 3 is 2.46 bits per heavy atom. The molecule has 0 aliphatic rings. The predicted octanol–water partition coefficient (Wildman–Crippen LogP) is 6.65. The van der Waals surface area contributed by atoms with Gasteiger partial charge in [-0.15, -0.1) is 10.2 Å². The molecule has 1 amide bonds. The quantitative estimate of drug-likeness (QED) is 0.234. The zero-order chi connectivity index (χ0) is 26.4. The van der Waals surface area contributed by atoms with E-state index in [0.29, 0.717) is 16.3 Å². The molecule has 0 saturated heterocycles. The maximum atomic E-state index is 13.5. The summed E-state index contributed by atoms with van der Waals surface area (Å²) in [6.45, 7) is 0.200. The number of hydrogen-bond donors (Lipinski definition) is 0. The van der Waals surface area contributed by atoms with Gasteiger partial charge in [0.05, 0.1) is 34.5 Å². The van der Waals surface area contributed by atoms with Crippen LogP contribution in [0.25, 0.3) is 17.1 Å². The summed E-state index contributed by atoms with van der Waals surface area (Å²) in [5.74, 6) is -0.131. The molecule has 0 saturated carbocycles. The molecule has 0 aliphatic heterocycles. The zero-order valence-electron chi connectivity index (χ0n) is 19.2. The second kappa shape index (κ2) is 11.5.